The summed E-state index contributed by atoms with van der Waals surface area (Å²) in [5.41, 5.74) is 6.70. The largest absolute Gasteiger partial charge is 0.488 e. The molecule has 2 N–H and O–H groups in total. The molecule has 0 spiro atoms. The number of rotatable bonds is 2. The van der Waals surface area contributed by atoms with Crippen molar-refractivity contribution < 1.29 is 13.5 Å². The molecule has 2 aromatic rings. The summed E-state index contributed by atoms with van der Waals surface area (Å²) in [5.74, 6) is -0.454. The first-order chi connectivity index (χ1) is 9.19. The molecule has 98 valence electrons. The molecule has 1 aromatic carbocycles. The Morgan fingerprint density at radius 3 is 2.95 bits per heavy atom. The van der Waals surface area contributed by atoms with Crippen LogP contribution in [0.25, 0.3) is 11.3 Å². The lowest BCUT2D eigenvalue weighted by Crippen LogP contribution is -2.24. The van der Waals surface area contributed by atoms with E-state index < -0.39 is 11.6 Å². The maximum Gasteiger partial charge on any atom is 0.149 e. The summed E-state index contributed by atoms with van der Waals surface area (Å²) < 4.78 is 33.1. The first-order valence-electron chi connectivity index (χ1n) is 5.99. The van der Waals surface area contributed by atoms with Gasteiger partial charge in [0.05, 0.1) is 0 Å². The number of fused-ring (bicyclic) bond motifs is 1. The van der Waals surface area contributed by atoms with Gasteiger partial charge >= 0.3 is 0 Å². The number of benzene rings is 1. The minimum atomic E-state index is -0.505. The molecule has 0 amide bonds. The van der Waals surface area contributed by atoms with Gasteiger partial charge in [0.15, 0.2) is 0 Å². The van der Waals surface area contributed by atoms with Crippen molar-refractivity contribution in [3.63, 3.8) is 0 Å². The lowest BCUT2D eigenvalue weighted by molar-refractivity contribution is 0.242. The zero-order chi connectivity index (χ0) is 13.4. The minimum absolute atomic E-state index is 0.0934. The molecule has 0 unspecified atom stereocenters. The average molecular weight is 262 g/mol. The molecule has 1 aliphatic rings. The molecule has 1 aliphatic heterocycles. The summed E-state index contributed by atoms with van der Waals surface area (Å²) in [6, 6.07) is 5.41. The van der Waals surface area contributed by atoms with E-state index in [1.165, 1.54) is 30.5 Å². The van der Waals surface area contributed by atoms with Crippen LogP contribution in [0, 0.1) is 11.6 Å². The quantitative estimate of drug-likeness (QED) is 0.903. The highest BCUT2D eigenvalue weighted by molar-refractivity contribution is 5.70. The number of halogens is 2. The second-order valence-corrected chi connectivity index (χ2v) is 4.46. The first kappa shape index (κ1) is 12.0. The third-order valence-electron chi connectivity index (χ3n) is 3.14. The third-order valence-corrected chi connectivity index (χ3v) is 3.14. The fourth-order valence-corrected chi connectivity index (χ4v) is 2.29. The van der Waals surface area contributed by atoms with Crippen LogP contribution in [0.15, 0.2) is 30.5 Å². The number of hydrogen-bond acceptors (Lipinski definition) is 3. The van der Waals surface area contributed by atoms with Crippen molar-refractivity contribution in [1.82, 2.24) is 4.98 Å². The molecular formula is C14H12F2N2O. The van der Waals surface area contributed by atoms with Gasteiger partial charge in [-0.2, -0.15) is 0 Å². The summed E-state index contributed by atoms with van der Waals surface area (Å²) in [6.45, 7) is 0.334. The number of nitrogens with two attached hydrogens (primary N) is 1. The molecule has 1 aromatic heterocycles. The highest BCUT2D eigenvalue weighted by atomic mass is 19.1. The summed E-state index contributed by atoms with van der Waals surface area (Å²) in [4.78, 5) is 3.97. The lowest BCUT2D eigenvalue weighted by Gasteiger charge is -2.11. The number of pyridine rings is 1. The van der Waals surface area contributed by atoms with Crippen molar-refractivity contribution in [3.05, 3.63) is 47.7 Å². The Kier molecular flexibility index (Phi) is 2.91. The fraction of sp³-hybridized carbons (Fsp3) is 0.214. The van der Waals surface area contributed by atoms with E-state index in [4.69, 9.17) is 10.5 Å². The summed E-state index contributed by atoms with van der Waals surface area (Å²) in [6.07, 6.45) is 1.80. The standard InChI is InChI=1S/C14H12F2N2O/c15-9-4-8-5-10(7-17)19-14(8)11(6-9)13-12(16)2-1-3-18-13/h1-4,6,10H,5,7,17H2/t10-/m0/s1. The van der Waals surface area contributed by atoms with E-state index in [1.807, 2.05) is 0 Å². The second-order valence-electron chi connectivity index (χ2n) is 4.46. The van der Waals surface area contributed by atoms with Gasteiger partial charge in [0.2, 0.25) is 0 Å². The molecule has 5 heteroatoms. The number of ether oxygens (including phenoxy) is 1. The Morgan fingerprint density at radius 1 is 1.37 bits per heavy atom. The maximum absolute atomic E-state index is 13.8. The van der Waals surface area contributed by atoms with Gasteiger partial charge in [-0.25, -0.2) is 8.78 Å². The van der Waals surface area contributed by atoms with E-state index in [2.05, 4.69) is 4.98 Å². The number of hydrogen-bond donors (Lipinski definition) is 1. The molecule has 0 radical (unpaired) electrons. The van der Waals surface area contributed by atoms with Crippen molar-refractivity contribution in [2.75, 3.05) is 6.54 Å². The third kappa shape index (κ3) is 2.06. The smallest absolute Gasteiger partial charge is 0.149 e. The molecule has 0 saturated carbocycles. The lowest BCUT2D eigenvalue weighted by atomic mass is 10.0. The van der Waals surface area contributed by atoms with E-state index in [-0.39, 0.29) is 11.8 Å². The van der Waals surface area contributed by atoms with Crippen molar-refractivity contribution in [2.24, 2.45) is 5.73 Å². The molecule has 2 heterocycles. The Hall–Kier alpha value is -2.01. The van der Waals surface area contributed by atoms with Crippen molar-refractivity contribution >= 4 is 0 Å². The van der Waals surface area contributed by atoms with Gasteiger partial charge < -0.3 is 10.5 Å². The SMILES string of the molecule is NC[C@@H]1Cc2cc(F)cc(-c3ncccc3F)c2O1. The molecule has 19 heavy (non-hydrogen) atoms. The average Bonchev–Trinajstić information content (AvgIpc) is 2.81. The summed E-state index contributed by atoms with van der Waals surface area (Å²) >= 11 is 0. The Morgan fingerprint density at radius 2 is 2.21 bits per heavy atom. The molecule has 0 saturated heterocycles. The van der Waals surface area contributed by atoms with Gasteiger partial charge in [-0.05, 0) is 24.3 Å². The van der Waals surface area contributed by atoms with Crippen LogP contribution in [0.5, 0.6) is 5.75 Å². The van der Waals surface area contributed by atoms with Crippen LogP contribution in [0.4, 0.5) is 8.78 Å². The molecule has 1 atom stereocenters. The zero-order valence-electron chi connectivity index (χ0n) is 10.1. The topological polar surface area (TPSA) is 48.1 Å². The van der Waals surface area contributed by atoms with E-state index >= 15 is 0 Å². The van der Waals surface area contributed by atoms with Crippen LogP contribution in [0.3, 0.4) is 0 Å². The highest BCUT2D eigenvalue weighted by Crippen LogP contribution is 2.39. The first-order valence-corrected chi connectivity index (χ1v) is 5.99. The van der Waals surface area contributed by atoms with Crippen molar-refractivity contribution in [1.29, 1.82) is 0 Å². The molecule has 0 bridgehead atoms. The number of aromatic nitrogens is 1. The van der Waals surface area contributed by atoms with Crippen LogP contribution in [-0.4, -0.2) is 17.6 Å². The van der Waals surface area contributed by atoms with Crippen molar-refractivity contribution in [3.8, 4) is 17.0 Å². The van der Waals surface area contributed by atoms with Gasteiger partial charge in [0, 0.05) is 30.3 Å². The van der Waals surface area contributed by atoms with E-state index in [1.54, 1.807) is 0 Å². The van der Waals surface area contributed by atoms with Crippen molar-refractivity contribution in [2.45, 2.75) is 12.5 Å². The van der Waals surface area contributed by atoms with Gasteiger partial charge in [-0.3, -0.25) is 4.98 Å². The molecular weight excluding hydrogens is 250 g/mol. The van der Waals surface area contributed by atoms with Crippen LogP contribution in [-0.2, 0) is 6.42 Å². The predicted octanol–water partition coefficient (Wildman–Crippen LogP) is 2.29. The molecule has 0 fully saturated rings. The van der Waals surface area contributed by atoms with Crippen LogP contribution in [0.1, 0.15) is 5.56 Å². The van der Waals surface area contributed by atoms with Crippen LogP contribution >= 0.6 is 0 Å². The number of nitrogens with zero attached hydrogens (tertiary/aromatic N) is 1. The predicted molar refractivity (Wildman–Crippen MR) is 66.8 cm³/mol. The van der Waals surface area contributed by atoms with Gasteiger partial charge in [-0.15, -0.1) is 0 Å². The maximum atomic E-state index is 13.8. The second kappa shape index (κ2) is 4.59. The van der Waals surface area contributed by atoms with Gasteiger partial charge in [0.1, 0.15) is 29.2 Å². The van der Waals surface area contributed by atoms with Crippen LogP contribution < -0.4 is 10.5 Å². The normalized spacial score (nSPS) is 17.1. The summed E-state index contributed by atoms with van der Waals surface area (Å²) in [7, 11) is 0. The van der Waals surface area contributed by atoms with Gasteiger partial charge in [-0.1, -0.05) is 0 Å². The van der Waals surface area contributed by atoms with E-state index in [9.17, 15) is 8.78 Å². The molecule has 3 rings (SSSR count). The zero-order valence-corrected chi connectivity index (χ0v) is 10.1. The highest BCUT2D eigenvalue weighted by Gasteiger charge is 2.27. The Bertz CT molecular complexity index is 631. The fourth-order valence-electron chi connectivity index (χ4n) is 2.29. The Labute approximate surface area is 109 Å². The monoisotopic (exact) mass is 262 g/mol. The van der Waals surface area contributed by atoms with Crippen LogP contribution in [0.2, 0.25) is 0 Å². The van der Waals surface area contributed by atoms with Gasteiger partial charge in [0.25, 0.3) is 0 Å². The van der Waals surface area contributed by atoms with E-state index in [0.29, 0.717) is 29.8 Å². The minimum Gasteiger partial charge on any atom is -0.488 e. The molecule has 0 aliphatic carbocycles. The molecule has 3 nitrogen and oxygen atoms in total. The summed E-state index contributed by atoms with van der Waals surface area (Å²) in [5, 5.41) is 0. The Balaban J connectivity index is 2.16. The van der Waals surface area contributed by atoms with E-state index in [0.717, 1.165) is 0 Å².